The predicted octanol–water partition coefficient (Wildman–Crippen LogP) is 2.95. The number of nitrogens with one attached hydrogen (secondary N) is 2. The van der Waals surface area contributed by atoms with Gasteiger partial charge in [-0.3, -0.25) is 0 Å². The van der Waals surface area contributed by atoms with Gasteiger partial charge < -0.3 is 16.0 Å². The minimum atomic E-state index is 0.414. The van der Waals surface area contributed by atoms with E-state index in [1.807, 2.05) is 0 Å². The lowest BCUT2D eigenvalue weighted by molar-refractivity contribution is 0.263. The van der Waals surface area contributed by atoms with Crippen LogP contribution in [0.4, 0.5) is 0 Å². The topological polar surface area (TPSA) is 53.8 Å². The zero-order chi connectivity index (χ0) is 13.2. The lowest BCUT2D eigenvalue weighted by Gasteiger charge is -2.32. The molecule has 0 amide bonds. The molecule has 1 aliphatic carbocycles. The zero-order valence-corrected chi connectivity index (χ0v) is 11.5. The third-order valence-corrected chi connectivity index (χ3v) is 4.56. The molecule has 1 aromatic heterocycles. The van der Waals surface area contributed by atoms with E-state index >= 15 is 0 Å². The first-order valence-corrected chi connectivity index (χ1v) is 7.28. The number of H-pyrrole nitrogens is 1. The number of rotatable bonds is 3. The van der Waals surface area contributed by atoms with E-state index in [4.69, 9.17) is 5.73 Å². The predicted molar refractivity (Wildman–Crippen MR) is 80.0 cm³/mol. The van der Waals surface area contributed by atoms with Crippen molar-refractivity contribution in [1.29, 1.82) is 0 Å². The lowest BCUT2D eigenvalue weighted by atomic mass is 9.79. The van der Waals surface area contributed by atoms with E-state index < -0.39 is 0 Å². The van der Waals surface area contributed by atoms with Crippen LogP contribution in [0.3, 0.4) is 0 Å². The second kappa shape index (κ2) is 5.35. The maximum absolute atomic E-state index is 6.02. The van der Waals surface area contributed by atoms with Gasteiger partial charge in [-0.1, -0.05) is 18.2 Å². The molecule has 3 rings (SSSR count). The van der Waals surface area contributed by atoms with Gasteiger partial charge >= 0.3 is 0 Å². The van der Waals surface area contributed by atoms with E-state index in [9.17, 15) is 0 Å². The molecule has 19 heavy (non-hydrogen) atoms. The summed E-state index contributed by atoms with van der Waals surface area (Å²) in [6, 6.07) is 9.39. The van der Waals surface area contributed by atoms with Gasteiger partial charge in [0.2, 0.25) is 0 Å². The Hall–Kier alpha value is -1.32. The first kappa shape index (κ1) is 12.7. The normalized spacial score (nSPS) is 25.6. The number of aromatic nitrogens is 1. The Labute approximate surface area is 114 Å². The van der Waals surface area contributed by atoms with Gasteiger partial charge in [0.25, 0.3) is 0 Å². The van der Waals surface area contributed by atoms with E-state index in [-0.39, 0.29) is 0 Å². The SMILES string of the molecule is CNC(c1c[nH]c2ccccc12)C1CCC(N)CC1. The molecule has 0 saturated heterocycles. The minimum absolute atomic E-state index is 0.414. The molecule has 1 heterocycles. The first-order chi connectivity index (χ1) is 9.29. The quantitative estimate of drug-likeness (QED) is 0.792. The molecular formula is C16H23N3. The molecule has 0 spiro atoms. The maximum Gasteiger partial charge on any atom is 0.0457 e. The Morgan fingerprint density at radius 3 is 2.68 bits per heavy atom. The van der Waals surface area contributed by atoms with Crippen molar-refractivity contribution < 1.29 is 0 Å². The number of hydrogen-bond acceptors (Lipinski definition) is 2. The van der Waals surface area contributed by atoms with Crippen LogP contribution in [-0.4, -0.2) is 18.1 Å². The Morgan fingerprint density at radius 2 is 1.95 bits per heavy atom. The van der Waals surface area contributed by atoms with Gasteiger partial charge in [0.1, 0.15) is 0 Å². The van der Waals surface area contributed by atoms with Crippen LogP contribution in [-0.2, 0) is 0 Å². The van der Waals surface area contributed by atoms with E-state index in [1.54, 1.807) is 0 Å². The van der Waals surface area contributed by atoms with Crippen LogP contribution in [0.1, 0.15) is 37.3 Å². The highest BCUT2D eigenvalue weighted by Gasteiger charge is 2.27. The molecule has 4 N–H and O–H groups in total. The lowest BCUT2D eigenvalue weighted by Crippen LogP contribution is -2.33. The molecule has 1 aliphatic rings. The van der Waals surface area contributed by atoms with Gasteiger partial charge in [0, 0.05) is 29.2 Å². The fourth-order valence-electron chi connectivity index (χ4n) is 3.47. The summed E-state index contributed by atoms with van der Waals surface area (Å²) in [6.45, 7) is 0. The fraction of sp³-hybridized carbons (Fsp3) is 0.500. The van der Waals surface area contributed by atoms with Crippen LogP contribution in [0.5, 0.6) is 0 Å². The standard InChI is InChI=1S/C16H23N3/c1-18-16(11-6-8-12(17)9-7-11)14-10-19-15-5-3-2-4-13(14)15/h2-5,10-12,16,18-19H,6-9,17H2,1H3. The Morgan fingerprint density at radius 1 is 1.21 bits per heavy atom. The van der Waals surface area contributed by atoms with Crippen molar-refractivity contribution in [3.8, 4) is 0 Å². The summed E-state index contributed by atoms with van der Waals surface area (Å²) >= 11 is 0. The molecular weight excluding hydrogens is 234 g/mol. The number of aromatic amines is 1. The summed E-state index contributed by atoms with van der Waals surface area (Å²) in [4.78, 5) is 3.39. The Bertz CT molecular complexity index is 538. The summed E-state index contributed by atoms with van der Waals surface area (Å²) in [5.74, 6) is 0.698. The largest absolute Gasteiger partial charge is 0.361 e. The Kier molecular flexibility index (Phi) is 3.58. The molecule has 102 valence electrons. The van der Waals surface area contributed by atoms with Gasteiger partial charge in [-0.15, -0.1) is 0 Å². The molecule has 1 atom stereocenters. The average molecular weight is 257 g/mol. The van der Waals surface area contributed by atoms with Crippen LogP contribution in [0.15, 0.2) is 30.5 Å². The summed E-state index contributed by atoms with van der Waals surface area (Å²) in [7, 11) is 2.07. The number of benzene rings is 1. The number of hydrogen-bond donors (Lipinski definition) is 3. The van der Waals surface area contributed by atoms with E-state index in [0.29, 0.717) is 18.0 Å². The third kappa shape index (κ3) is 2.40. The minimum Gasteiger partial charge on any atom is -0.361 e. The van der Waals surface area contributed by atoms with Crippen LogP contribution < -0.4 is 11.1 Å². The zero-order valence-electron chi connectivity index (χ0n) is 11.5. The van der Waals surface area contributed by atoms with Crippen molar-refractivity contribution in [1.82, 2.24) is 10.3 Å². The highest BCUT2D eigenvalue weighted by Crippen LogP contribution is 2.36. The van der Waals surface area contributed by atoms with Crippen LogP contribution in [0.2, 0.25) is 0 Å². The molecule has 0 bridgehead atoms. The van der Waals surface area contributed by atoms with Crippen molar-refractivity contribution in [3.05, 3.63) is 36.0 Å². The summed E-state index contributed by atoms with van der Waals surface area (Å²) in [6.07, 6.45) is 6.94. The van der Waals surface area contributed by atoms with Crippen molar-refractivity contribution in [2.45, 2.75) is 37.8 Å². The maximum atomic E-state index is 6.02. The van der Waals surface area contributed by atoms with E-state index in [2.05, 4.69) is 47.8 Å². The molecule has 3 nitrogen and oxygen atoms in total. The fourth-order valence-corrected chi connectivity index (χ4v) is 3.47. The van der Waals surface area contributed by atoms with Crippen LogP contribution in [0.25, 0.3) is 10.9 Å². The summed E-state index contributed by atoms with van der Waals surface area (Å²) in [5, 5.41) is 4.86. The van der Waals surface area contributed by atoms with E-state index in [1.165, 1.54) is 29.3 Å². The van der Waals surface area contributed by atoms with Gasteiger partial charge in [0.05, 0.1) is 0 Å². The van der Waals surface area contributed by atoms with Gasteiger partial charge in [-0.2, -0.15) is 0 Å². The van der Waals surface area contributed by atoms with Gasteiger partial charge in [0.15, 0.2) is 0 Å². The van der Waals surface area contributed by atoms with Crippen molar-refractivity contribution in [2.24, 2.45) is 11.7 Å². The molecule has 3 heteroatoms. The Balaban J connectivity index is 1.89. The summed E-state index contributed by atoms with van der Waals surface area (Å²) < 4.78 is 0. The van der Waals surface area contributed by atoms with Gasteiger partial charge in [-0.25, -0.2) is 0 Å². The van der Waals surface area contributed by atoms with E-state index in [0.717, 1.165) is 12.8 Å². The highest BCUT2D eigenvalue weighted by atomic mass is 14.9. The first-order valence-electron chi connectivity index (χ1n) is 7.28. The monoisotopic (exact) mass is 257 g/mol. The van der Waals surface area contributed by atoms with Crippen molar-refractivity contribution >= 4 is 10.9 Å². The molecule has 2 aromatic rings. The number of para-hydroxylation sites is 1. The van der Waals surface area contributed by atoms with Crippen molar-refractivity contribution in [2.75, 3.05) is 7.05 Å². The molecule has 0 aliphatic heterocycles. The van der Waals surface area contributed by atoms with Crippen molar-refractivity contribution in [3.63, 3.8) is 0 Å². The molecule has 1 fully saturated rings. The molecule has 0 radical (unpaired) electrons. The smallest absolute Gasteiger partial charge is 0.0457 e. The van der Waals surface area contributed by atoms with Gasteiger partial charge in [-0.05, 0) is 50.3 Å². The second-order valence-corrected chi connectivity index (χ2v) is 5.73. The highest BCUT2D eigenvalue weighted by molar-refractivity contribution is 5.83. The summed E-state index contributed by atoms with van der Waals surface area (Å²) in [5.41, 5.74) is 8.65. The molecule has 1 unspecified atom stereocenters. The van der Waals surface area contributed by atoms with Crippen LogP contribution >= 0.6 is 0 Å². The number of nitrogens with two attached hydrogens (primary N) is 1. The number of fused-ring (bicyclic) bond motifs is 1. The second-order valence-electron chi connectivity index (χ2n) is 5.73. The molecule has 1 aromatic carbocycles. The third-order valence-electron chi connectivity index (χ3n) is 4.56. The average Bonchev–Trinajstić information content (AvgIpc) is 2.86. The molecule has 1 saturated carbocycles. The van der Waals surface area contributed by atoms with Crippen LogP contribution in [0, 0.1) is 5.92 Å².